The molecule has 1 aromatic heterocycles. The van der Waals surface area contributed by atoms with Crippen LogP contribution < -0.4 is 0 Å². The van der Waals surface area contributed by atoms with E-state index < -0.39 is 0 Å². The Balaban J connectivity index is 1.82. The molecule has 1 saturated carbocycles. The molecule has 19 heavy (non-hydrogen) atoms. The molecule has 2 unspecified atom stereocenters. The molecule has 0 N–H and O–H groups in total. The number of aromatic nitrogens is 1. The summed E-state index contributed by atoms with van der Waals surface area (Å²) in [6.45, 7) is 2.24. The largest absolute Gasteiger partial charge is 0.299 e. The van der Waals surface area contributed by atoms with E-state index in [1.807, 2.05) is 18.2 Å². The number of hydrogen-bond donors (Lipinski definition) is 0. The van der Waals surface area contributed by atoms with Gasteiger partial charge in [0.25, 0.3) is 0 Å². The zero-order valence-corrected chi connectivity index (χ0v) is 11.3. The lowest BCUT2D eigenvalue weighted by molar-refractivity contribution is -0.125. The van der Waals surface area contributed by atoms with Crippen LogP contribution in [0, 0.1) is 11.8 Å². The number of fused-ring (bicyclic) bond motifs is 1. The van der Waals surface area contributed by atoms with Crippen molar-refractivity contribution in [3.63, 3.8) is 0 Å². The highest BCUT2D eigenvalue weighted by Gasteiger charge is 2.26. The summed E-state index contributed by atoms with van der Waals surface area (Å²) in [5.41, 5.74) is 2.07. The second-order valence-corrected chi connectivity index (χ2v) is 5.74. The van der Waals surface area contributed by atoms with Crippen molar-refractivity contribution >= 4 is 16.7 Å². The van der Waals surface area contributed by atoms with Crippen LogP contribution in [-0.2, 0) is 11.2 Å². The lowest BCUT2D eigenvalue weighted by atomic mass is 9.79. The fraction of sp³-hybridized carbons (Fsp3) is 0.412. The number of pyridine rings is 1. The first-order chi connectivity index (χ1) is 9.22. The Labute approximate surface area is 113 Å². The highest BCUT2D eigenvalue weighted by atomic mass is 16.1. The van der Waals surface area contributed by atoms with Crippen molar-refractivity contribution < 1.29 is 4.79 Å². The zero-order valence-electron chi connectivity index (χ0n) is 11.3. The number of ketones is 1. The molecule has 98 valence electrons. The first-order valence-electron chi connectivity index (χ1n) is 7.10. The second-order valence-electron chi connectivity index (χ2n) is 5.74. The standard InChI is InChI=1S/C17H19NO/c1-12-6-9-17(19)14(10-12)11-15-8-7-13-4-2-3-5-16(13)18-15/h2-5,7-8,12,14H,6,9-11H2,1H3. The van der Waals surface area contributed by atoms with E-state index in [0.29, 0.717) is 11.7 Å². The van der Waals surface area contributed by atoms with Crippen molar-refractivity contribution in [1.82, 2.24) is 4.98 Å². The summed E-state index contributed by atoms with van der Waals surface area (Å²) in [4.78, 5) is 16.7. The van der Waals surface area contributed by atoms with Gasteiger partial charge in [-0.05, 0) is 37.3 Å². The lowest BCUT2D eigenvalue weighted by Gasteiger charge is -2.25. The van der Waals surface area contributed by atoms with Crippen molar-refractivity contribution in [3.8, 4) is 0 Å². The average Bonchev–Trinajstić information content (AvgIpc) is 2.43. The van der Waals surface area contributed by atoms with E-state index in [1.165, 1.54) is 0 Å². The van der Waals surface area contributed by atoms with E-state index in [4.69, 9.17) is 0 Å². The smallest absolute Gasteiger partial charge is 0.136 e. The predicted molar refractivity (Wildman–Crippen MR) is 77.0 cm³/mol. The monoisotopic (exact) mass is 253 g/mol. The first kappa shape index (κ1) is 12.3. The van der Waals surface area contributed by atoms with Gasteiger partial charge in [0, 0.05) is 23.4 Å². The number of nitrogens with zero attached hydrogens (tertiary/aromatic N) is 1. The number of benzene rings is 1. The van der Waals surface area contributed by atoms with Crippen LogP contribution in [0.3, 0.4) is 0 Å². The van der Waals surface area contributed by atoms with Gasteiger partial charge >= 0.3 is 0 Å². The third-order valence-electron chi connectivity index (χ3n) is 4.14. The van der Waals surface area contributed by atoms with E-state index in [1.54, 1.807) is 0 Å². The van der Waals surface area contributed by atoms with Crippen LogP contribution in [-0.4, -0.2) is 10.8 Å². The molecule has 2 nitrogen and oxygen atoms in total. The summed E-state index contributed by atoms with van der Waals surface area (Å²) >= 11 is 0. The molecule has 3 rings (SSSR count). The highest BCUT2D eigenvalue weighted by molar-refractivity contribution is 5.82. The molecule has 2 heteroatoms. The Kier molecular flexibility index (Phi) is 3.33. The molecule has 1 aliphatic carbocycles. The number of hydrogen-bond acceptors (Lipinski definition) is 2. The Morgan fingerprint density at radius 3 is 2.95 bits per heavy atom. The van der Waals surface area contributed by atoms with Gasteiger partial charge in [0.1, 0.15) is 5.78 Å². The first-order valence-corrected chi connectivity index (χ1v) is 7.10. The van der Waals surface area contributed by atoms with Gasteiger partial charge in [0.15, 0.2) is 0 Å². The van der Waals surface area contributed by atoms with E-state index >= 15 is 0 Å². The van der Waals surface area contributed by atoms with Gasteiger partial charge in [-0.15, -0.1) is 0 Å². The lowest BCUT2D eigenvalue weighted by Crippen LogP contribution is -2.25. The number of para-hydroxylation sites is 1. The molecule has 1 fully saturated rings. The van der Waals surface area contributed by atoms with Gasteiger partial charge in [0.2, 0.25) is 0 Å². The van der Waals surface area contributed by atoms with Gasteiger partial charge in [0.05, 0.1) is 5.52 Å². The fourth-order valence-corrected chi connectivity index (χ4v) is 3.00. The molecule has 1 aromatic carbocycles. The van der Waals surface area contributed by atoms with Gasteiger partial charge in [-0.3, -0.25) is 9.78 Å². The molecule has 2 atom stereocenters. The van der Waals surface area contributed by atoms with Crippen LogP contribution in [0.25, 0.3) is 10.9 Å². The molecule has 0 amide bonds. The van der Waals surface area contributed by atoms with Crippen LogP contribution in [0.5, 0.6) is 0 Å². The van der Waals surface area contributed by atoms with E-state index in [2.05, 4.69) is 30.1 Å². The molecule has 0 spiro atoms. The van der Waals surface area contributed by atoms with E-state index in [-0.39, 0.29) is 5.92 Å². The predicted octanol–water partition coefficient (Wildman–Crippen LogP) is 3.78. The maximum Gasteiger partial charge on any atom is 0.136 e. The summed E-state index contributed by atoms with van der Waals surface area (Å²) in [6, 6.07) is 12.3. The fourth-order valence-electron chi connectivity index (χ4n) is 3.00. The van der Waals surface area contributed by atoms with Crippen molar-refractivity contribution in [3.05, 3.63) is 42.1 Å². The third-order valence-corrected chi connectivity index (χ3v) is 4.14. The molecule has 2 aromatic rings. The van der Waals surface area contributed by atoms with Crippen LogP contribution in [0.2, 0.25) is 0 Å². The van der Waals surface area contributed by atoms with E-state index in [0.717, 1.165) is 42.3 Å². The van der Waals surface area contributed by atoms with Crippen molar-refractivity contribution in [1.29, 1.82) is 0 Å². The number of carbonyl (C=O) groups is 1. The van der Waals surface area contributed by atoms with Crippen LogP contribution >= 0.6 is 0 Å². The summed E-state index contributed by atoms with van der Waals surface area (Å²) in [7, 11) is 0. The van der Waals surface area contributed by atoms with Gasteiger partial charge in [-0.2, -0.15) is 0 Å². The molecule has 1 heterocycles. The third kappa shape index (κ3) is 2.67. The SMILES string of the molecule is CC1CCC(=O)C(Cc2ccc3ccccc3n2)C1. The van der Waals surface area contributed by atoms with Crippen LogP contribution in [0.1, 0.15) is 31.9 Å². The zero-order chi connectivity index (χ0) is 13.2. The summed E-state index contributed by atoms with van der Waals surface area (Å²) in [5.74, 6) is 1.27. The Bertz CT molecular complexity index is 605. The summed E-state index contributed by atoms with van der Waals surface area (Å²) in [6.07, 6.45) is 3.63. The highest BCUT2D eigenvalue weighted by Crippen LogP contribution is 2.28. The molecular formula is C17H19NO. The quantitative estimate of drug-likeness (QED) is 0.815. The minimum absolute atomic E-state index is 0.178. The van der Waals surface area contributed by atoms with Crippen molar-refractivity contribution in [2.24, 2.45) is 11.8 Å². The van der Waals surface area contributed by atoms with E-state index in [9.17, 15) is 4.79 Å². The molecule has 0 radical (unpaired) electrons. The minimum atomic E-state index is 0.178. The molecular weight excluding hydrogens is 234 g/mol. The number of rotatable bonds is 2. The maximum atomic E-state index is 12.0. The topological polar surface area (TPSA) is 30.0 Å². The van der Waals surface area contributed by atoms with Crippen molar-refractivity contribution in [2.45, 2.75) is 32.6 Å². The van der Waals surface area contributed by atoms with Crippen LogP contribution in [0.15, 0.2) is 36.4 Å². The van der Waals surface area contributed by atoms with Gasteiger partial charge in [-0.25, -0.2) is 0 Å². The maximum absolute atomic E-state index is 12.0. The number of carbonyl (C=O) groups excluding carboxylic acids is 1. The Hall–Kier alpha value is -1.70. The Morgan fingerprint density at radius 1 is 1.21 bits per heavy atom. The molecule has 0 saturated heterocycles. The second kappa shape index (κ2) is 5.12. The molecule has 1 aliphatic rings. The molecule has 0 aliphatic heterocycles. The summed E-state index contributed by atoms with van der Waals surface area (Å²) in [5, 5.41) is 1.16. The normalized spacial score (nSPS) is 23.7. The van der Waals surface area contributed by atoms with Crippen molar-refractivity contribution in [2.75, 3.05) is 0 Å². The number of Topliss-reactive ketones (excluding diaryl/α,β-unsaturated/α-hetero) is 1. The summed E-state index contributed by atoms with van der Waals surface area (Å²) < 4.78 is 0. The van der Waals surface area contributed by atoms with Gasteiger partial charge < -0.3 is 0 Å². The minimum Gasteiger partial charge on any atom is -0.299 e. The average molecular weight is 253 g/mol. The molecule has 0 bridgehead atoms. The Morgan fingerprint density at radius 2 is 2.05 bits per heavy atom. The van der Waals surface area contributed by atoms with Gasteiger partial charge in [-0.1, -0.05) is 31.2 Å². The van der Waals surface area contributed by atoms with Crippen LogP contribution in [0.4, 0.5) is 0 Å².